The molecule has 3 aromatic carbocycles. The van der Waals surface area contributed by atoms with E-state index in [1.165, 1.54) is 18.6 Å². The first-order valence-corrected chi connectivity index (χ1v) is 15.3. The predicted octanol–water partition coefficient (Wildman–Crippen LogP) is 7.43. The van der Waals surface area contributed by atoms with Crippen molar-refractivity contribution in [1.29, 1.82) is 0 Å². The summed E-state index contributed by atoms with van der Waals surface area (Å²) in [5.41, 5.74) is 2.77. The van der Waals surface area contributed by atoms with Gasteiger partial charge in [0, 0.05) is 12.3 Å². The average Bonchev–Trinajstić information content (AvgIpc) is 3.25. The van der Waals surface area contributed by atoms with Crippen molar-refractivity contribution in [3.63, 3.8) is 0 Å². The largest absolute Gasteiger partial charge is 0.489 e. The van der Waals surface area contributed by atoms with E-state index >= 15 is 0 Å². The number of amides is 1. The van der Waals surface area contributed by atoms with E-state index in [1.54, 1.807) is 18.2 Å². The van der Waals surface area contributed by atoms with Gasteiger partial charge in [-0.2, -0.15) is 0 Å². The fourth-order valence-electron chi connectivity index (χ4n) is 5.33. The number of benzene rings is 3. The molecular formula is C33H32FNO5S2. The van der Waals surface area contributed by atoms with Gasteiger partial charge in [-0.1, -0.05) is 91.8 Å². The molecule has 3 aromatic rings. The monoisotopic (exact) mass is 605 g/mol. The number of rotatable bonds is 11. The molecule has 2 aliphatic rings. The van der Waals surface area contributed by atoms with E-state index < -0.39 is 18.4 Å². The van der Waals surface area contributed by atoms with E-state index in [1.807, 2.05) is 36.4 Å². The molecule has 5 rings (SSSR count). The van der Waals surface area contributed by atoms with Crippen molar-refractivity contribution in [2.75, 3.05) is 13.2 Å². The van der Waals surface area contributed by atoms with Crippen LogP contribution in [0.3, 0.4) is 0 Å². The Morgan fingerprint density at radius 1 is 1.05 bits per heavy atom. The number of ether oxygens (including phenoxy) is 2. The zero-order valence-corrected chi connectivity index (χ0v) is 24.7. The van der Waals surface area contributed by atoms with Gasteiger partial charge in [0.25, 0.3) is 5.91 Å². The zero-order valence-electron chi connectivity index (χ0n) is 23.0. The lowest BCUT2D eigenvalue weighted by molar-refractivity contribution is -0.140. The second kappa shape index (κ2) is 14.0. The molecule has 1 heterocycles. The molecule has 0 bridgehead atoms. The number of thioether (sulfide) groups is 1. The van der Waals surface area contributed by atoms with Crippen molar-refractivity contribution < 1.29 is 28.6 Å². The van der Waals surface area contributed by atoms with Crippen LogP contribution in [0.2, 0.25) is 0 Å². The minimum atomic E-state index is -1.12. The van der Waals surface area contributed by atoms with Crippen LogP contribution in [0.25, 0.3) is 6.08 Å². The molecule has 42 heavy (non-hydrogen) atoms. The zero-order chi connectivity index (χ0) is 29.5. The number of hydrogen-bond donors (Lipinski definition) is 1. The summed E-state index contributed by atoms with van der Waals surface area (Å²) in [4.78, 5) is 25.5. The Morgan fingerprint density at radius 3 is 2.50 bits per heavy atom. The molecule has 1 aliphatic heterocycles. The standard InChI is InChI=1S/C33H32FNO5S2/c34-26-14-11-22(12-15-26)17-18-39-27-16-13-23(20-29-32(38)35(21-30(36)37)33(41)42-29)19-28(27)40-31(24-7-3-1-4-8-24)25-9-5-2-6-10-25/h1,3-4,7-8,11-16,19-20,25,31H,2,5-6,9-10,17-18,21H2,(H,36,37)/b29-20-. The van der Waals surface area contributed by atoms with E-state index in [9.17, 15) is 14.0 Å². The van der Waals surface area contributed by atoms with Crippen molar-refractivity contribution in [2.24, 2.45) is 5.92 Å². The lowest BCUT2D eigenvalue weighted by Gasteiger charge is -2.31. The first-order valence-electron chi connectivity index (χ1n) is 14.1. The van der Waals surface area contributed by atoms with Crippen LogP contribution >= 0.6 is 24.0 Å². The van der Waals surface area contributed by atoms with Crippen molar-refractivity contribution in [3.05, 3.63) is 100 Å². The van der Waals surface area contributed by atoms with Crippen LogP contribution < -0.4 is 9.47 Å². The van der Waals surface area contributed by atoms with Gasteiger partial charge in [0.05, 0.1) is 11.5 Å². The van der Waals surface area contributed by atoms with Crippen molar-refractivity contribution in [1.82, 2.24) is 4.90 Å². The van der Waals surface area contributed by atoms with E-state index in [-0.39, 0.29) is 16.2 Å². The molecule has 1 aliphatic carbocycles. The van der Waals surface area contributed by atoms with Crippen molar-refractivity contribution >= 4 is 46.3 Å². The summed E-state index contributed by atoms with van der Waals surface area (Å²) in [6.45, 7) is -0.105. The van der Waals surface area contributed by atoms with Crippen LogP contribution in [0.15, 0.2) is 77.7 Å². The molecule has 1 N–H and O–H groups in total. The Balaban J connectivity index is 1.44. The second-order valence-corrected chi connectivity index (χ2v) is 12.1. The summed E-state index contributed by atoms with van der Waals surface area (Å²) in [5, 5.41) is 9.16. The van der Waals surface area contributed by atoms with Crippen LogP contribution in [-0.4, -0.2) is 39.4 Å². The van der Waals surface area contributed by atoms with Gasteiger partial charge in [0.2, 0.25) is 0 Å². The van der Waals surface area contributed by atoms with Crippen LogP contribution in [0.5, 0.6) is 11.5 Å². The lowest BCUT2D eigenvalue weighted by atomic mass is 9.82. The number of carbonyl (C=O) groups is 2. The number of nitrogens with zero attached hydrogens (tertiary/aromatic N) is 1. The highest BCUT2D eigenvalue weighted by molar-refractivity contribution is 8.26. The molecule has 6 nitrogen and oxygen atoms in total. The van der Waals surface area contributed by atoms with Gasteiger partial charge in [0.15, 0.2) is 11.5 Å². The Bertz CT molecular complexity index is 1460. The molecule has 218 valence electrons. The topological polar surface area (TPSA) is 76.1 Å². The van der Waals surface area contributed by atoms with Gasteiger partial charge in [-0.3, -0.25) is 14.5 Å². The molecule has 1 amide bonds. The first kappa shape index (κ1) is 29.8. The molecule has 0 spiro atoms. The Morgan fingerprint density at radius 2 is 1.79 bits per heavy atom. The Hall–Kier alpha value is -3.69. The third kappa shape index (κ3) is 7.57. The highest BCUT2D eigenvalue weighted by atomic mass is 32.2. The van der Waals surface area contributed by atoms with Crippen molar-refractivity contribution in [2.45, 2.75) is 44.6 Å². The lowest BCUT2D eigenvalue weighted by Crippen LogP contribution is -2.33. The molecule has 0 aromatic heterocycles. The number of hydrogen-bond acceptors (Lipinski definition) is 6. The number of aliphatic carboxylic acids is 1. The molecule has 2 fully saturated rings. The summed E-state index contributed by atoms with van der Waals surface area (Å²) in [5.74, 6) is -0.351. The third-order valence-electron chi connectivity index (χ3n) is 7.45. The van der Waals surface area contributed by atoms with Gasteiger partial charge in [-0.15, -0.1) is 0 Å². The molecule has 1 saturated carbocycles. The molecule has 1 atom stereocenters. The average molecular weight is 606 g/mol. The SMILES string of the molecule is O=C(O)CN1C(=O)/C(=C/c2ccc(OCCc3ccc(F)cc3)c(OC(c3ccccc3)C3CCCCC3)c2)SC1=S. The molecule has 1 saturated heterocycles. The van der Waals surface area contributed by atoms with Crippen molar-refractivity contribution in [3.8, 4) is 11.5 Å². The molecular weight excluding hydrogens is 573 g/mol. The summed E-state index contributed by atoms with van der Waals surface area (Å²) < 4.78 is 26.6. The Labute approximate surface area is 254 Å². The summed E-state index contributed by atoms with van der Waals surface area (Å²) in [6, 6.07) is 22.1. The maximum Gasteiger partial charge on any atom is 0.323 e. The number of thiocarbonyl (C=S) groups is 1. The second-order valence-electron chi connectivity index (χ2n) is 10.4. The fourth-order valence-corrected chi connectivity index (χ4v) is 6.59. The quantitative estimate of drug-likeness (QED) is 0.180. The normalized spacial score (nSPS) is 17.5. The minimum absolute atomic E-state index is 0.171. The van der Waals surface area contributed by atoms with Crippen LogP contribution in [0, 0.1) is 11.7 Å². The number of carboxylic acid groups (broad SMARTS) is 1. The number of halogens is 1. The number of carboxylic acids is 1. The van der Waals surface area contributed by atoms with E-state index in [2.05, 4.69) is 12.1 Å². The first-order chi connectivity index (χ1) is 20.4. The summed E-state index contributed by atoms with van der Waals surface area (Å²) in [6.07, 6.45) is 7.83. The maximum atomic E-state index is 13.3. The highest BCUT2D eigenvalue weighted by Crippen LogP contribution is 2.41. The third-order valence-corrected chi connectivity index (χ3v) is 8.83. The highest BCUT2D eigenvalue weighted by Gasteiger charge is 2.33. The van der Waals surface area contributed by atoms with E-state index in [4.69, 9.17) is 26.8 Å². The van der Waals surface area contributed by atoms with Gasteiger partial charge >= 0.3 is 5.97 Å². The molecule has 1 unspecified atom stereocenters. The fraction of sp³-hybridized carbons (Fsp3) is 0.303. The van der Waals surface area contributed by atoms with Crippen LogP contribution in [0.1, 0.15) is 54.9 Å². The smallest absolute Gasteiger partial charge is 0.323 e. The van der Waals surface area contributed by atoms with Crippen LogP contribution in [0.4, 0.5) is 4.39 Å². The summed E-state index contributed by atoms with van der Waals surface area (Å²) in [7, 11) is 0. The summed E-state index contributed by atoms with van der Waals surface area (Å²) >= 11 is 6.33. The van der Waals surface area contributed by atoms with Gasteiger partial charge in [-0.05, 0) is 59.9 Å². The predicted molar refractivity (Wildman–Crippen MR) is 166 cm³/mol. The molecule has 9 heteroatoms. The maximum absolute atomic E-state index is 13.3. The van der Waals surface area contributed by atoms with Crippen LogP contribution in [-0.2, 0) is 16.0 Å². The molecule has 0 radical (unpaired) electrons. The number of carbonyl (C=O) groups excluding carboxylic acids is 1. The van der Waals surface area contributed by atoms with E-state index in [0.717, 1.165) is 53.5 Å². The van der Waals surface area contributed by atoms with Gasteiger partial charge < -0.3 is 14.6 Å². The van der Waals surface area contributed by atoms with E-state index in [0.29, 0.717) is 40.9 Å². The van der Waals surface area contributed by atoms with Gasteiger partial charge in [0.1, 0.15) is 22.8 Å². The minimum Gasteiger partial charge on any atom is -0.489 e. The Kier molecular flexibility index (Phi) is 9.92. The van der Waals surface area contributed by atoms with Gasteiger partial charge in [-0.25, -0.2) is 4.39 Å².